The van der Waals surface area contributed by atoms with Gasteiger partial charge in [-0.15, -0.1) is 11.3 Å². The highest BCUT2D eigenvalue weighted by Gasteiger charge is 2.13. The van der Waals surface area contributed by atoms with E-state index >= 15 is 0 Å². The molecule has 1 unspecified atom stereocenters. The molecule has 0 fully saturated rings. The van der Waals surface area contributed by atoms with E-state index in [1.165, 1.54) is 0 Å². The van der Waals surface area contributed by atoms with Gasteiger partial charge in [-0.2, -0.15) is 0 Å². The zero-order valence-electron chi connectivity index (χ0n) is 11.0. The number of aryl methyl sites for hydroxylation is 2. The summed E-state index contributed by atoms with van der Waals surface area (Å²) in [5.74, 6) is 0.878. The van der Waals surface area contributed by atoms with E-state index in [0.29, 0.717) is 0 Å². The summed E-state index contributed by atoms with van der Waals surface area (Å²) in [5, 5.41) is 10.6. The van der Waals surface area contributed by atoms with Gasteiger partial charge in [0.1, 0.15) is 10.8 Å². The van der Waals surface area contributed by atoms with Gasteiger partial charge in [-0.1, -0.05) is 0 Å². The zero-order valence-corrected chi connectivity index (χ0v) is 11.8. The number of thiazole rings is 1. The summed E-state index contributed by atoms with van der Waals surface area (Å²) in [5.41, 5.74) is 3.05. The number of nitrogens with zero attached hydrogens (tertiary/aromatic N) is 1. The van der Waals surface area contributed by atoms with Crippen LogP contribution in [-0.2, 0) is 0 Å². The lowest BCUT2D eigenvalue weighted by Gasteiger charge is -2.05. The Morgan fingerprint density at radius 3 is 2.56 bits per heavy atom. The molecule has 96 valence electrons. The third-order valence-electron chi connectivity index (χ3n) is 2.85. The fraction of sp³-hybridized carbons (Fsp3) is 0.357. The minimum Gasteiger partial charge on any atom is -0.496 e. The van der Waals surface area contributed by atoms with Crippen molar-refractivity contribution in [3.63, 3.8) is 0 Å². The maximum atomic E-state index is 9.65. The smallest absolute Gasteiger partial charge is 0.123 e. The lowest BCUT2D eigenvalue weighted by molar-refractivity contribution is 0.202. The Balaban J connectivity index is 2.43. The van der Waals surface area contributed by atoms with E-state index in [1.54, 1.807) is 25.4 Å². The van der Waals surface area contributed by atoms with Gasteiger partial charge >= 0.3 is 0 Å². The largest absolute Gasteiger partial charge is 0.496 e. The predicted molar refractivity (Wildman–Crippen MR) is 74.2 cm³/mol. The van der Waals surface area contributed by atoms with Crippen LogP contribution < -0.4 is 4.74 Å². The molecule has 0 radical (unpaired) electrons. The second-order valence-corrected chi connectivity index (χ2v) is 5.36. The maximum Gasteiger partial charge on any atom is 0.123 e. The van der Waals surface area contributed by atoms with E-state index in [4.69, 9.17) is 4.74 Å². The Morgan fingerprint density at radius 2 is 2.06 bits per heavy atom. The number of rotatable bonds is 3. The van der Waals surface area contributed by atoms with Crippen molar-refractivity contribution in [2.45, 2.75) is 26.9 Å². The molecule has 0 aliphatic carbocycles. The standard InChI is InChI=1S/C14H17NO2S/c1-8-7-11(5-6-12(8)17-4)14-15-9(2)13(18-14)10(3)16/h5-7,10,16H,1-4H3. The first kappa shape index (κ1) is 13.1. The number of methoxy groups -OCH3 is 1. The molecule has 0 saturated heterocycles. The van der Waals surface area contributed by atoms with Gasteiger partial charge < -0.3 is 9.84 Å². The molecule has 0 amide bonds. The van der Waals surface area contributed by atoms with Crippen LogP contribution in [0.2, 0.25) is 0 Å². The summed E-state index contributed by atoms with van der Waals surface area (Å²) in [7, 11) is 1.67. The van der Waals surface area contributed by atoms with Crippen molar-refractivity contribution in [2.24, 2.45) is 0 Å². The number of aliphatic hydroxyl groups excluding tert-OH is 1. The molecular weight excluding hydrogens is 246 g/mol. The van der Waals surface area contributed by atoms with Gasteiger partial charge in [-0.3, -0.25) is 0 Å². The number of benzene rings is 1. The molecule has 1 N–H and O–H groups in total. The highest BCUT2D eigenvalue weighted by atomic mass is 32.1. The fourth-order valence-electron chi connectivity index (χ4n) is 1.93. The molecule has 2 aromatic rings. The topological polar surface area (TPSA) is 42.4 Å². The summed E-state index contributed by atoms with van der Waals surface area (Å²) >= 11 is 1.54. The number of hydrogen-bond acceptors (Lipinski definition) is 4. The molecule has 4 heteroatoms. The van der Waals surface area contributed by atoms with Crippen molar-refractivity contribution >= 4 is 11.3 Å². The minimum atomic E-state index is -0.462. The Bertz CT molecular complexity index is 561. The lowest BCUT2D eigenvalue weighted by Crippen LogP contribution is -1.88. The molecule has 3 nitrogen and oxygen atoms in total. The summed E-state index contributed by atoms with van der Waals surface area (Å²) in [4.78, 5) is 5.45. The number of aliphatic hydroxyl groups is 1. The molecule has 1 aromatic heterocycles. The molecule has 2 rings (SSSR count). The molecule has 1 atom stereocenters. The number of hydrogen-bond donors (Lipinski definition) is 1. The number of ether oxygens (including phenoxy) is 1. The van der Waals surface area contributed by atoms with E-state index in [2.05, 4.69) is 11.1 Å². The van der Waals surface area contributed by atoms with Crippen molar-refractivity contribution < 1.29 is 9.84 Å². The van der Waals surface area contributed by atoms with Crippen molar-refractivity contribution in [3.8, 4) is 16.3 Å². The highest BCUT2D eigenvalue weighted by molar-refractivity contribution is 7.15. The van der Waals surface area contributed by atoms with Gasteiger partial charge in [0.25, 0.3) is 0 Å². The van der Waals surface area contributed by atoms with E-state index in [-0.39, 0.29) is 0 Å². The van der Waals surface area contributed by atoms with Crippen molar-refractivity contribution in [2.75, 3.05) is 7.11 Å². The molecule has 0 spiro atoms. The summed E-state index contributed by atoms with van der Waals surface area (Å²) in [6, 6.07) is 6.00. The van der Waals surface area contributed by atoms with E-state index in [0.717, 1.165) is 32.5 Å². The fourth-order valence-corrected chi connectivity index (χ4v) is 2.93. The van der Waals surface area contributed by atoms with Gasteiger partial charge in [-0.25, -0.2) is 4.98 Å². The van der Waals surface area contributed by atoms with Crippen molar-refractivity contribution in [1.29, 1.82) is 0 Å². The minimum absolute atomic E-state index is 0.462. The Kier molecular flexibility index (Phi) is 3.68. The lowest BCUT2D eigenvalue weighted by atomic mass is 10.1. The summed E-state index contributed by atoms with van der Waals surface area (Å²) in [6.45, 7) is 5.71. The van der Waals surface area contributed by atoms with E-state index in [9.17, 15) is 5.11 Å². The van der Waals surface area contributed by atoms with Crippen LogP contribution >= 0.6 is 11.3 Å². The van der Waals surface area contributed by atoms with Crippen LogP contribution in [0.5, 0.6) is 5.75 Å². The van der Waals surface area contributed by atoms with E-state index < -0.39 is 6.10 Å². The summed E-state index contributed by atoms with van der Waals surface area (Å²) < 4.78 is 5.25. The Morgan fingerprint density at radius 1 is 1.33 bits per heavy atom. The van der Waals surface area contributed by atoms with Gasteiger partial charge in [0.2, 0.25) is 0 Å². The van der Waals surface area contributed by atoms with Crippen molar-refractivity contribution in [3.05, 3.63) is 34.3 Å². The number of aromatic nitrogens is 1. The maximum absolute atomic E-state index is 9.65. The first-order valence-electron chi connectivity index (χ1n) is 5.83. The Hall–Kier alpha value is -1.39. The third-order valence-corrected chi connectivity index (χ3v) is 4.23. The molecule has 0 aliphatic rings. The first-order valence-corrected chi connectivity index (χ1v) is 6.65. The van der Waals surface area contributed by atoms with E-state index in [1.807, 2.05) is 26.0 Å². The monoisotopic (exact) mass is 263 g/mol. The highest BCUT2D eigenvalue weighted by Crippen LogP contribution is 2.33. The van der Waals surface area contributed by atoms with Crippen LogP contribution in [0.25, 0.3) is 10.6 Å². The van der Waals surface area contributed by atoms with Gasteiger partial charge in [0, 0.05) is 5.56 Å². The Labute approximate surface area is 111 Å². The van der Waals surface area contributed by atoms with Crippen LogP contribution in [0, 0.1) is 13.8 Å². The quantitative estimate of drug-likeness (QED) is 0.921. The van der Waals surface area contributed by atoms with Gasteiger partial charge in [-0.05, 0) is 44.5 Å². The van der Waals surface area contributed by atoms with Crippen LogP contribution in [0.4, 0.5) is 0 Å². The van der Waals surface area contributed by atoms with Gasteiger partial charge in [0.15, 0.2) is 0 Å². The molecular formula is C14H17NO2S. The average Bonchev–Trinajstić information content (AvgIpc) is 2.71. The molecule has 18 heavy (non-hydrogen) atoms. The van der Waals surface area contributed by atoms with Gasteiger partial charge in [0.05, 0.1) is 23.8 Å². The summed E-state index contributed by atoms with van der Waals surface area (Å²) in [6.07, 6.45) is -0.462. The average molecular weight is 263 g/mol. The van der Waals surface area contributed by atoms with Crippen LogP contribution in [0.15, 0.2) is 18.2 Å². The predicted octanol–water partition coefficient (Wildman–Crippen LogP) is 3.49. The third kappa shape index (κ3) is 2.40. The second-order valence-electron chi connectivity index (χ2n) is 4.33. The molecule has 0 bridgehead atoms. The van der Waals surface area contributed by atoms with Crippen LogP contribution in [-0.4, -0.2) is 17.2 Å². The second kappa shape index (κ2) is 5.08. The molecule has 1 heterocycles. The molecule has 0 saturated carbocycles. The zero-order chi connectivity index (χ0) is 13.3. The first-order chi connectivity index (χ1) is 8.52. The molecule has 0 aliphatic heterocycles. The van der Waals surface area contributed by atoms with Crippen LogP contribution in [0.3, 0.4) is 0 Å². The molecule has 1 aromatic carbocycles. The normalized spacial score (nSPS) is 12.5. The SMILES string of the molecule is COc1ccc(-c2nc(C)c(C(C)O)s2)cc1C. The van der Waals surface area contributed by atoms with Crippen LogP contribution in [0.1, 0.15) is 29.2 Å². The van der Waals surface area contributed by atoms with Crippen molar-refractivity contribution in [1.82, 2.24) is 4.98 Å².